The van der Waals surface area contributed by atoms with Gasteiger partial charge in [0, 0.05) is 11.6 Å². The average molecular weight is 285 g/mol. The van der Waals surface area contributed by atoms with Crippen molar-refractivity contribution in [3.63, 3.8) is 0 Å². The van der Waals surface area contributed by atoms with Crippen molar-refractivity contribution < 1.29 is 14.7 Å². The molecule has 1 aromatic rings. The maximum atomic E-state index is 11.6. The molecular weight excluding hydrogens is 268 g/mol. The van der Waals surface area contributed by atoms with Crippen LogP contribution in [-0.2, 0) is 0 Å². The summed E-state index contributed by atoms with van der Waals surface area (Å²) >= 11 is 5.72. The number of carbonyl (C=O) groups is 2. The Morgan fingerprint density at radius 1 is 1.37 bits per heavy atom. The van der Waals surface area contributed by atoms with Crippen molar-refractivity contribution in [1.29, 1.82) is 0 Å². The second kappa shape index (κ2) is 6.99. The van der Waals surface area contributed by atoms with Crippen molar-refractivity contribution in [3.05, 3.63) is 28.8 Å². The summed E-state index contributed by atoms with van der Waals surface area (Å²) < 4.78 is 0. The molecule has 0 heterocycles. The number of urea groups is 1. The maximum Gasteiger partial charge on any atom is 0.337 e. The molecule has 5 nitrogen and oxygen atoms in total. The van der Waals surface area contributed by atoms with Crippen molar-refractivity contribution in [2.24, 2.45) is 5.92 Å². The molecule has 6 heteroatoms. The van der Waals surface area contributed by atoms with Crippen molar-refractivity contribution in [2.75, 3.05) is 11.9 Å². The Balaban J connectivity index is 2.66. The molecule has 2 amide bonds. The number of carboxylic acids is 1. The number of aromatic carboxylic acids is 1. The third kappa shape index (κ3) is 5.18. The van der Waals surface area contributed by atoms with E-state index in [0.29, 0.717) is 17.5 Å². The van der Waals surface area contributed by atoms with Gasteiger partial charge >= 0.3 is 12.0 Å². The lowest BCUT2D eigenvalue weighted by Crippen LogP contribution is -2.30. The molecule has 0 aliphatic rings. The van der Waals surface area contributed by atoms with E-state index in [2.05, 4.69) is 24.5 Å². The van der Waals surface area contributed by atoms with Crippen molar-refractivity contribution in [1.82, 2.24) is 5.32 Å². The van der Waals surface area contributed by atoms with Crippen LogP contribution in [0.15, 0.2) is 18.2 Å². The molecule has 0 aliphatic heterocycles. The fourth-order valence-corrected chi connectivity index (χ4v) is 1.62. The molecule has 0 aromatic heterocycles. The minimum atomic E-state index is -1.14. The van der Waals surface area contributed by atoms with Crippen LogP contribution in [0.25, 0.3) is 0 Å². The lowest BCUT2D eigenvalue weighted by molar-refractivity contribution is 0.0698. The highest BCUT2D eigenvalue weighted by atomic mass is 35.5. The van der Waals surface area contributed by atoms with E-state index in [1.807, 2.05) is 0 Å². The zero-order chi connectivity index (χ0) is 14.4. The molecule has 0 bridgehead atoms. The van der Waals surface area contributed by atoms with Crippen LogP contribution in [0, 0.1) is 5.92 Å². The monoisotopic (exact) mass is 284 g/mol. The van der Waals surface area contributed by atoms with E-state index < -0.39 is 12.0 Å². The van der Waals surface area contributed by atoms with Gasteiger partial charge in [-0.1, -0.05) is 25.4 Å². The molecule has 0 saturated carbocycles. The topological polar surface area (TPSA) is 78.4 Å². The van der Waals surface area contributed by atoms with E-state index in [0.717, 1.165) is 6.42 Å². The Morgan fingerprint density at radius 2 is 2.05 bits per heavy atom. The van der Waals surface area contributed by atoms with Gasteiger partial charge in [0.05, 0.1) is 11.3 Å². The van der Waals surface area contributed by atoms with Crippen LogP contribution in [-0.4, -0.2) is 23.7 Å². The Hall–Kier alpha value is -1.75. The van der Waals surface area contributed by atoms with Gasteiger partial charge in [-0.25, -0.2) is 9.59 Å². The van der Waals surface area contributed by atoms with Gasteiger partial charge in [-0.15, -0.1) is 0 Å². The highest BCUT2D eigenvalue weighted by molar-refractivity contribution is 6.31. The van der Waals surface area contributed by atoms with Gasteiger partial charge in [-0.3, -0.25) is 0 Å². The highest BCUT2D eigenvalue weighted by Crippen LogP contribution is 2.20. The number of amides is 2. The third-order valence-electron chi connectivity index (χ3n) is 2.47. The molecule has 1 aromatic carbocycles. The van der Waals surface area contributed by atoms with Crippen LogP contribution in [0.2, 0.25) is 5.02 Å². The first kappa shape index (κ1) is 15.3. The molecule has 19 heavy (non-hydrogen) atoms. The predicted molar refractivity (Wildman–Crippen MR) is 74.9 cm³/mol. The van der Waals surface area contributed by atoms with Crippen LogP contribution >= 0.6 is 11.6 Å². The summed E-state index contributed by atoms with van der Waals surface area (Å²) in [5, 5.41) is 14.5. The third-order valence-corrected chi connectivity index (χ3v) is 2.70. The van der Waals surface area contributed by atoms with E-state index in [1.165, 1.54) is 18.2 Å². The summed E-state index contributed by atoms with van der Waals surface area (Å²) in [6.07, 6.45) is 0.861. The first-order valence-corrected chi connectivity index (χ1v) is 6.35. The second-order valence-corrected chi connectivity index (χ2v) is 4.99. The maximum absolute atomic E-state index is 11.6. The SMILES string of the molecule is CC(C)CCNC(=O)Nc1ccc(Cl)cc1C(=O)O. The summed E-state index contributed by atoms with van der Waals surface area (Å²) in [5.74, 6) is -0.648. The van der Waals surface area contributed by atoms with E-state index in [4.69, 9.17) is 16.7 Å². The molecule has 0 fully saturated rings. The largest absolute Gasteiger partial charge is 0.478 e. The van der Waals surface area contributed by atoms with Gasteiger partial charge in [-0.05, 0) is 30.5 Å². The Labute approximate surface area is 117 Å². The van der Waals surface area contributed by atoms with Gasteiger partial charge in [0.15, 0.2) is 0 Å². The number of carbonyl (C=O) groups excluding carboxylic acids is 1. The van der Waals surface area contributed by atoms with E-state index in [9.17, 15) is 9.59 Å². The Kier molecular flexibility index (Phi) is 5.63. The van der Waals surface area contributed by atoms with Gasteiger partial charge < -0.3 is 15.7 Å². The quantitative estimate of drug-likeness (QED) is 0.777. The molecule has 1 rings (SSSR count). The summed E-state index contributed by atoms with van der Waals surface area (Å²) in [4.78, 5) is 22.6. The summed E-state index contributed by atoms with van der Waals surface area (Å²) in [5.41, 5.74) is 0.186. The van der Waals surface area contributed by atoms with Crippen molar-refractivity contribution in [2.45, 2.75) is 20.3 Å². The van der Waals surface area contributed by atoms with E-state index >= 15 is 0 Å². The van der Waals surface area contributed by atoms with Crippen LogP contribution in [0.1, 0.15) is 30.6 Å². The Morgan fingerprint density at radius 3 is 2.63 bits per heavy atom. The van der Waals surface area contributed by atoms with Gasteiger partial charge in [-0.2, -0.15) is 0 Å². The predicted octanol–water partition coefficient (Wildman–Crippen LogP) is 3.21. The van der Waals surface area contributed by atoms with Gasteiger partial charge in [0.1, 0.15) is 0 Å². The summed E-state index contributed by atoms with van der Waals surface area (Å²) in [6.45, 7) is 4.65. The molecule has 3 N–H and O–H groups in total. The number of hydrogen-bond donors (Lipinski definition) is 3. The zero-order valence-electron chi connectivity index (χ0n) is 10.9. The van der Waals surface area contributed by atoms with Crippen LogP contribution in [0.4, 0.5) is 10.5 Å². The van der Waals surface area contributed by atoms with Gasteiger partial charge in [0.25, 0.3) is 0 Å². The summed E-state index contributed by atoms with van der Waals surface area (Å²) in [6, 6.07) is 3.87. The fourth-order valence-electron chi connectivity index (χ4n) is 1.44. The van der Waals surface area contributed by atoms with E-state index in [-0.39, 0.29) is 11.3 Å². The van der Waals surface area contributed by atoms with E-state index in [1.54, 1.807) is 0 Å². The first-order chi connectivity index (χ1) is 8.90. The lowest BCUT2D eigenvalue weighted by atomic mass is 10.1. The number of carboxylic acid groups (broad SMARTS) is 1. The minimum Gasteiger partial charge on any atom is -0.478 e. The Bertz CT molecular complexity index is 475. The zero-order valence-corrected chi connectivity index (χ0v) is 11.6. The average Bonchev–Trinajstić information content (AvgIpc) is 2.30. The minimum absolute atomic E-state index is 0.0356. The molecular formula is C13H17ClN2O3. The van der Waals surface area contributed by atoms with Crippen LogP contribution < -0.4 is 10.6 Å². The molecule has 0 aliphatic carbocycles. The number of hydrogen-bond acceptors (Lipinski definition) is 2. The number of benzene rings is 1. The van der Waals surface area contributed by atoms with Crippen molar-refractivity contribution in [3.8, 4) is 0 Å². The normalized spacial score (nSPS) is 10.3. The van der Waals surface area contributed by atoms with Crippen LogP contribution in [0.3, 0.4) is 0 Å². The summed E-state index contributed by atoms with van der Waals surface area (Å²) in [7, 11) is 0. The lowest BCUT2D eigenvalue weighted by Gasteiger charge is -2.11. The number of nitrogens with one attached hydrogen (secondary N) is 2. The van der Waals surface area contributed by atoms with Gasteiger partial charge in [0.2, 0.25) is 0 Å². The molecule has 0 unspecified atom stereocenters. The highest BCUT2D eigenvalue weighted by Gasteiger charge is 2.12. The van der Waals surface area contributed by atoms with Crippen molar-refractivity contribution >= 4 is 29.3 Å². The first-order valence-electron chi connectivity index (χ1n) is 5.98. The molecule has 104 valence electrons. The van der Waals surface area contributed by atoms with Crippen LogP contribution in [0.5, 0.6) is 0 Å². The number of rotatable bonds is 5. The fraction of sp³-hybridized carbons (Fsp3) is 0.385. The molecule has 0 spiro atoms. The smallest absolute Gasteiger partial charge is 0.337 e. The number of halogens is 1. The second-order valence-electron chi connectivity index (χ2n) is 4.56. The molecule has 0 radical (unpaired) electrons. The number of anilines is 1. The molecule has 0 atom stereocenters. The molecule has 0 saturated heterocycles. The standard InChI is InChI=1S/C13H17ClN2O3/c1-8(2)5-6-15-13(19)16-11-4-3-9(14)7-10(11)12(17)18/h3-4,7-8H,5-6H2,1-2H3,(H,17,18)(H2,15,16,19).